The molecule has 2 aliphatic heterocycles. The Kier molecular flexibility index (Phi) is 5.30. The van der Waals surface area contributed by atoms with Crippen molar-refractivity contribution >= 4 is 5.97 Å². The number of aliphatic hydroxyl groups excluding tert-OH is 1. The molecular weight excluding hydrogens is 346 g/mol. The van der Waals surface area contributed by atoms with Gasteiger partial charge in [0.25, 0.3) is 0 Å². The van der Waals surface area contributed by atoms with Gasteiger partial charge in [-0.1, -0.05) is 30.3 Å². The van der Waals surface area contributed by atoms with Crippen molar-refractivity contribution in [1.29, 1.82) is 0 Å². The first kappa shape index (κ1) is 17.4. The summed E-state index contributed by atoms with van der Waals surface area (Å²) in [5.41, 5.74) is 0.595. The van der Waals surface area contributed by atoms with Crippen LogP contribution in [0.4, 0.5) is 0 Å². The maximum atomic E-state index is 12.1. The van der Waals surface area contributed by atoms with E-state index in [1.165, 1.54) is 12.8 Å². The lowest BCUT2D eigenvalue weighted by molar-refractivity contribution is -0.931. The molecule has 1 unspecified atom stereocenters. The van der Waals surface area contributed by atoms with Gasteiger partial charge in [-0.3, -0.25) is 0 Å². The van der Waals surface area contributed by atoms with Gasteiger partial charge in [0, 0.05) is 25.7 Å². The third-order valence-corrected chi connectivity index (χ3v) is 5.41. The van der Waals surface area contributed by atoms with E-state index in [-0.39, 0.29) is 23.1 Å². The van der Waals surface area contributed by atoms with Crippen LogP contribution in [0.15, 0.2) is 30.3 Å². The summed E-state index contributed by atoms with van der Waals surface area (Å²) in [7, 11) is 4.55. The van der Waals surface area contributed by atoms with E-state index in [2.05, 4.69) is 14.1 Å². The number of halogens is 1. The number of ether oxygens (including phenoxy) is 1. The first-order chi connectivity index (χ1) is 9.98. The average molecular weight is 370 g/mol. The molecule has 3 rings (SSSR count). The molecule has 0 saturated carbocycles. The van der Waals surface area contributed by atoms with Crippen molar-refractivity contribution in [3.05, 3.63) is 35.9 Å². The quantitative estimate of drug-likeness (QED) is 0.551. The lowest BCUT2D eigenvalue weighted by atomic mass is 9.97. The van der Waals surface area contributed by atoms with Crippen molar-refractivity contribution in [3.63, 3.8) is 0 Å². The molecule has 2 saturated heterocycles. The maximum absolute atomic E-state index is 12.1. The van der Waals surface area contributed by atoms with Crippen molar-refractivity contribution in [1.82, 2.24) is 0 Å². The van der Waals surface area contributed by atoms with Crippen molar-refractivity contribution in [2.75, 3.05) is 14.1 Å². The van der Waals surface area contributed by atoms with Crippen LogP contribution in [0.25, 0.3) is 0 Å². The topological polar surface area (TPSA) is 46.5 Å². The van der Waals surface area contributed by atoms with Gasteiger partial charge in [0.15, 0.2) is 6.10 Å². The largest absolute Gasteiger partial charge is 1.00 e. The van der Waals surface area contributed by atoms with Gasteiger partial charge in [0.1, 0.15) is 6.10 Å². The van der Waals surface area contributed by atoms with Crippen LogP contribution in [0.5, 0.6) is 0 Å². The number of benzene rings is 1. The zero-order valence-corrected chi connectivity index (χ0v) is 14.7. The minimum Gasteiger partial charge on any atom is -1.00 e. The lowest BCUT2D eigenvalue weighted by Gasteiger charge is -2.43. The molecule has 2 heterocycles. The van der Waals surface area contributed by atoms with Gasteiger partial charge in [0.2, 0.25) is 0 Å². The molecule has 1 N–H and O–H groups in total. The highest BCUT2D eigenvalue weighted by Gasteiger charge is 2.50. The van der Waals surface area contributed by atoms with E-state index >= 15 is 0 Å². The molecule has 1 aromatic rings. The predicted molar refractivity (Wildman–Crippen MR) is 79.4 cm³/mol. The van der Waals surface area contributed by atoms with Crippen LogP contribution in [-0.2, 0) is 9.53 Å². The molecular formula is C17H24BrNO3. The lowest BCUT2D eigenvalue weighted by Crippen LogP contribution is -3.00. The molecule has 5 heteroatoms. The van der Waals surface area contributed by atoms with Crippen LogP contribution in [0, 0.1) is 0 Å². The normalized spacial score (nSPS) is 30.2. The van der Waals surface area contributed by atoms with Gasteiger partial charge in [-0.05, 0) is 5.56 Å². The summed E-state index contributed by atoms with van der Waals surface area (Å²) >= 11 is 0. The molecule has 0 aliphatic carbocycles. The van der Waals surface area contributed by atoms with Gasteiger partial charge >= 0.3 is 5.97 Å². The minimum atomic E-state index is -1.17. The molecule has 0 spiro atoms. The summed E-state index contributed by atoms with van der Waals surface area (Å²) in [4.78, 5) is 12.1. The number of rotatable bonds is 3. The molecule has 4 nitrogen and oxygen atoms in total. The van der Waals surface area contributed by atoms with Gasteiger partial charge < -0.3 is 31.3 Å². The minimum absolute atomic E-state index is 0. The molecule has 22 heavy (non-hydrogen) atoms. The van der Waals surface area contributed by atoms with E-state index in [0.29, 0.717) is 17.6 Å². The Morgan fingerprint density at radius 1 is 1.18 bits per heavy atom. The summed E-state index contributed by atoms with van der Waals surface area (Å²) in [5.74, 6) is -0.516. The number of hydrogen-bond acceptors (Lipinski definition) is 3. The van der Waals surface area contributed by atoms with Crippen molar-refractivity contribution in [3.8, 4) is 0 Å². The van der Waals surface area contributed by atoms with Crippen LogP contribution in [0.1, 0.15) is 37.4 Å². The number of nitrogens with zero attached hydrogens (tertiary/aromatic N) is 1. The molecule has 2 fully saturated rings. The highest BCUT2D eigenvalue weighted by Crippen LogP contribution is 2.40. The second-order valence-corrected chi connectivity index (χ2v) is 6.86. The van der Waals surface area contributed by atoms with Crippen LogP contribution in [0.3, 0.4) is 0 Å². The number of piperidine rings is 1. The Morgan fingerprint density at radius 3 is 2.27 bits per heavy atom. The van der Waals surface area contributed by atoms with E-state index in [0.717, 1.165) is 17.3 Å². The summed E-state index contributed by atoms with van der Waals surface area (Å²) < 4.78 is 6.63. The average Bonchev–Trinajstić information content (AvgIpc) is 2.67. The number of carbonyl (C=O) groups excluding carboxylic acids is 1. The molecule has 0 aromatic heterocycles. The second kappa shape index (κ2) is 6.69. The monoisotopic (exact) mass is 369 g/mol. The van der Waals surface area contributed by atoms with Crippen LogP contribution < -0.4 is 17.0 Å². The molecule has 0 amide bonds. The van der Waals surface area contributed by atoms with Gasteiger partial charge in [0.05, 0.1) is 26.2 Å². The Hall–Kier alpha value is -0.910. The van der Waals surface area contributed by atoms with Crippen molar-refractivity contribution in [2.45, 2.75) is 50.0 Å². The summed E-state index contributed by atoms with van der Waals surface area (Å²) in [6.45, 7) is 0. The van der Waals surface area contributed by atoms with E-state index in [9.17, 15) is 9.90 Å². The van der Waals surface area contributed by atoms with Gasteiger partial charge in [-0.2, -0.15) is 0 Å². The zero-order chi connectivity index (χ0) is 15.0. The third kappa shape index (κ3) is 3.21. The number of hydrogen-bond donors (Lipinski definition) is 1. The fourth-order valence-electron chi connectivity index (χ4n) is 3.93. The molecule has 122 valence electrons. The maximum Gasteiger partial charge on any atom is 0.339 e. The third-order valence-electron chi connectivity index (χ3n) is 5.41. The Balaban J connectivity index is 0.00000176. The zero-order valence-electron chi connectivity index (χ0n) is 13.1. The van der Waals surface area contributed by atoms with Crippen molar-refractivity contribution < 1.29 is 36.1 Å². The Morgan fingerprint density at radius 2 is 1.73 bits per heavy atom. The molecule has 0 radical (unpaired) electrons. The van der Waals surface area contributed by atoms with Gasteiger partial charge in [-0.25, -0.2) is 4.79 Å². The highest BCUT2D eigenvalue weighted by atomic mass is 79.9. The Labute approximate surface area is 142 Å². The fraction of sp³-hybridized carbons (Fsp3) is 0.588. The first-order valence-electron chi connectivity index (χ1n) is 7.75. The fourth-order valence-corrected chi connectivity index (χ4v) is 3.93. The Bertz CT molecular complexity index is 504. The highest BCUT2D eigenvalue weighted by molar-refractivity contribution is 5.76. The number of carbonyl (C=O) groups is 1. The predicted octanol–water partition coefficient (Wildman–Crippen LogP) is -0.963. The van der Waals surface area contributed by atoms with E-state index < -0.39 is 12.1 Å². The molecule has 2 bridgehead atoms. The molecule has 3 atom stereocenters. The number of fused-ring (bicyclic) bond motifs is 2. The summed E-state index contributed by atoms with van der Waals surface area (Å²) in [6, 6.07) is 10.1. The second-order valence-electron chi connectivity index (χ2n) is 6.86. The standard InChI is InChI=1S/C17H24NO3.BrH/c1-18(2)13-8-9-14(18)11-15(10-13)21-17(20)16(19)12-6-4-3-5-7-12;/h3-7,13-16,19H,8-11H2,1-2H3;1H/q+1;/p-1/t13-,14-,16?;/m0./s1. The van der Waals surface area contributed by atoms with Crippen LogP contribution >= 0.6 is 0 Å². The van der Waals surface area contributed by atoms with E-state index in [4.69, 9.17) is 4.74 Å². The SMILES string of the molecule is C[N+]1(C)[C@H]2CC[C@H]1CC(OC(=O)C(O)c1ccccc1)C2.[Br-]. The molecule has 1 aromatic carbocycles. The van der Waals surface area contributed by atoms with Gasteiger partial charge in [-0.15, -0.1) is 0 Å². The molecule has 2 aliphatic rings. The summed E-state index contributed by atoms with van der Waals surface area (Å²) in [5, 5.41) is 10.1. The van der Waals surface area contributed by atoms with E-state index in [1.807, 2.05) is 18.2 Å². The van der Waals surface area contributed by atoms with E-state index in [1.54, 1.807) is 12.1 Å². The summed E-state index contributed by atoms with van der Waals surface area (Å²) in [6.07, 6.45) is 3.04. The number of quaternary nitrogens is 1. The smallest absolute Gasteiger partial charge is 0.339 e. The number of aliphatic hydroxyl groups is 1. The van der Waals surface area contributed by atoms with Crippen LogP contribution in [-0.4, -0.2) is 47.8 Å². The van der Waals surface area contributed by atoms with Crippen molar-refractivity contribution in [2.24, 2.45) is 0 Å². The number of esters is 1. The van der Waals surface area contributed by atoms with Crippen LogP contribution in [0.2, 0.25) is 0 Å². The first-order valence-corrected chi connectivity index (χ1v) is 7.75.